The molecular formula is C13H16N4OS. The number of benzene rings is 1. The second-order valence-corrected chi connectivity index (χ2v) is 5.10. The fraction of sp³-hybridized carbons (Fsp3) is 0.308. The molecule has 1 heterocycles. The van der Waals surface area contributed by atoms with Gasteiger partial charge in [-0.2, -0.15) is 16.9 Å². The monoisotopic (exact) mass is 276 g/mol. The van der Waals surface area contributed by atoms with E-state index in [2.05, 4.69) is 32.6 Å². The Kier molecular flexibility index (Phi) is 5.43. The predicted molar refractivity (Wildman–Crippen MR) is 75.7 cm³/mol. The number of aromatic amines is 1. The van der Waals surface area contributed by atoms with Crippen molar-refractivity contribution >= 4 is 17.7 Å². The average molecular weight is 276 g/mol. The first kappa shape index (κ1) is 13.6. The van der Waals surface area contributed by atoms with E-state index >= 15 is 0 Å². The van der Waals surface area contributed by atoms with Crippen LogP contribution in [-0.4, -0.2) is 32.6 Å². The van der Waals surface area contributed by atoms with E-state index in [0.717, 1.165) is 12.2 Å². The van der Waals surface area contributed by atoms with Crippen molar-refractivity contribution in [2.45, 2.75) is 13.0 Å². The Bertz CT molecular complexity index is 487. The molecule has 0 atom stereocenters. The molecule has 1 aromatic carbocycles. The first-order valence-electron chi connectivity index (χ1n) is 6.07. The molecular weight excluding hydrogens is 260 g/mol. The molecule has 2 rings (SSSR count). The molecule has 0 aliphatic rings. The van der Waals surface area contributed by atoms with Crippen LogP contribution < -0.4 is 5.32 Å². The SMILES string of the molecule is O=C(CSCCc1ccccc1)NCc1ncn[nH]1. The van der Waals surface area contributed by atoms with Crippen LogP contribution in [0.3, 0.4) is 0 Å². The Balaban J connectivity index is 1.57. The lowest BCUT2D eigenvalue weighted by Crippen LogP contribution is -2.25. The number of amides is 1. The highest BCUT2D eigenvalue weighted by atomic mass is 32.2. The summed E-state index contributed by atoms with van der Waals surface area (Å²) in [5, 5.41) is 9.21. The smallest absolute Gasteiger partial charge is 0.230 e. The van der Waals surface area contributed by atoms with Crippen molar-refractivity contribution in [3.8, 4) is 0 Å². The fourth-order valence-electron chi connectivity index (χ4n) is 1.55. The molecule has 0 saturated heterocycles. The fourth-order valence-corrected chi connectivity index (χ4v) is 2.36. The van der Waals surface area contributed by atoms with Gasteiger partial charge in [0.05, 0.1) is 12.3 Å². The highest BCUT2D eigenvalue weighted by molar-refractivity contribution is 7.99. The highest BCUT2D eigenvalue weighted by Gasteiger charge is 2.02. The number of carbonyl (C=O) groups excluding carboxylic acids is 1. The van der Waals surface area contributed by atoms with Crippen molar-refractivity contribution < 1.29 is 4.79 Å². The minimum absolute atomic E-state index is 0.0226. The van der Waals surface area contributed by atoms with E-state index in [0.29, 0.717) is 18.1 Å². The van der Waals surface area contributed by atoms with Gasteiger partial charge in [0.1, 0.15) is 12.2 Å². The van der Waals surface area contributed by atoms with Gasteiger partial charge in [-0.3, -0.25) is 9.89 Å². The van der Waals surface area contributed by atoms with Gasteiger partial charge in [-0.15, -0.1) is 0 Å². The molecule has 0 unspecified atom stereocenters. The first-order valence-corrected chi connectivity index (χ1v) is 7.22. The van der Waals surface area contributed by atoms with Crippen molar-refractivity contribution in [2.75, 3.05) is 11.5 Å². The first-order chi connectivity index (χ1) is 9.34. The van der Waals surface area contributed by atoms with Gasteiger partial charge in [0.2, 0.25) is 5.91 Å². The molecule has 2 aromatic rings. The molecule has 0 fully saturated rings. The van der Waals surface area contributed by atoms with Crippen molar-refractivity contribution in [2.24, 2.45) is 0 Å². The number of nitrogens with zero attached hydrogens (tertiary/aromatic N) is 2. The van der Waals surface area contributed by atoms with Crippen LogP contribution in [0.5, 0.6) is 0 Å². The summed E-state index contributed by atoms with van der Waals surface area (Å²) in [5.74, 6) is 2.11. The van der Waals surface area contributed by atoms with Crippen LogP contribution in [0, 0.1) is 0 Å². The third-order valence-electron chi connectivity index (χ3n) is 2.53. The molecule has 100 valence electrons. The second kappa shape index (κ2) is 7.58. The summed E-state index contributed by atoms with van der Waals surface area (Å²) in [5.41, 5.74) is 1.30. The Labute approximate surface area is 116 Å². The number of rotatable bonds is 7. The van der Waals surface area contributed by atoms with E-state index in [1.54, 1.807) is 11.8 Å². The van der Waals surface area contributed by atoms with Crippen LogP contribution in [0.2, 0.25) is 0 Å². The van der Waals surface area contributed by atoms with Crippen molar-refractivity contribution in [3.63, 3.8) is 0 Å². The zero-order valence-electron chi connectivity index (χ0n) is 10.5. The van der Waals surface area contributed by atoms with Crippen LogP contribution in [0.15, 0.2) is 36.7 Å². The minimum atomic E-state index is 0.0226. The molecule has 19 heavy (non-hydrogen) atoms. The zero-order valence-corrected chi connectivity index (χ0v) is 11.3. The lowest BCUT2D eigenvalue weighted by atomic mass is 10.2. The number of hydrogen-bond donors (Lipinski definition) is 2. The van der Waals surface area contributed by atoms with Crippen molar-refractivity contribution in [1.29, 1.82) is 0 Å². The van der Waals surface area contributed by atoms with E-state index in [9.17, 15) is 4.79 Å². The van der Waals surface area contributed by atoms with E-state index in [4.69, 9.17) is 0 Å². The van der Waals surface area contributed by atoms with Gasteiger partial charge >= 0.3 is 0 Å². The quantitative estimate of drug-likeness (QED) is 0.750. The van der Waals surface area contributed by atoms with Gasteiger partial charge in [0.15, 0.2) is 0 Å². The summed E-state index contributed by atoms with van der Waals surface area (Å²) in [6.07, 6.45) is 2.41. The van der Waals surface area contributed by atoms with Crippen LogP contribution in [-0.2, 0) is 17.8 Å². The van der Waals surface area contributed by atoms with Gasteiger partial charge in [0, 0.05) is 0 Å². The predicted octanol–water partition coefficient (Wildman–Crippen LogP) is 1.40. The summed E-state index contributed by atoms with van der Waals surface area (Å²) in [7, 11) is 0. The van der Waals surface area contributed by atoms with Gasteiger partial charge in [-0.25, -0.2) is 4.98 Å². The van der Waals surface area contributed by atoms with Crippen LogP contribution >= 0.6 is 11.8 Å². The van der Waals surface area contributed by atoms with Crippen molar-refractivity contribution in [1.82, 2.24) is 20.5 Å². The number of H-pyrrole nitrogens is 1. The number of aryl methyl sites for hydroxylation is 1. The molecule has 0 aliphatic heterocycles. The summed E-state index contributed by atoms with van der Waals surface area (Å²) in [6.45, 7) is 0.401. The van der Waals surface area contributed by atoms with Gasteiger partial charge in [0.25, 0.3) is 0 Å². The summed E-state index contributed by atoms with van der Waals surface area (Å²) in [4.78, 5) is 15.5. The second-order valence-electron chi connectivity index (χ2n) is 4.00. The Hall–Kier alpha value is -1.82. The average Bonchev–Trinajstić information content (AvgIpc) is 2.96. The molecule has 0 saturated carbocycles. The third kappa shape index (κ3) is 5.13. The topological polar surface area (TPSA) is 70.7 Å². The van der Waals surface area contributed by atoms with E-state index in [1.165, 1.54) is 11.9 Å². The lowest BCUT2D eigenvalue weighted by Gasteiger charge is -2.03. The maximum atomic E-state index is 11.6. The normalized spacial score (nSPS) is 10.3. The molecule has 2 N–H and O–H groups in total. The van der Waals surface area contributed by atoms with E-state index in [-0.39, 0.29) is 5.91 Å². The summed E-state index contributed by atoms with van der Waals surface area (Å²) < 4.78 is 0. The number of aromatic nitrogens is 3. The number of carbonyl (C=O) groups is 1. The number of hydrogen-bond acceptors (Lipinski definition) is 4. The Morgan fingerprint density at radius 2 is 2.16 bits per heavy atom. The van der Waals surface area contributed by atoms with Gasteiger partial charge < -0.3 is 5.32 Å². The maximum Gasteiger partial charge on any atom is 0.230 e. The largest absolute Gasteiger partial charge is 0.348 e. The van der Waals surface area contributed by atoms with Crippen LogP contribution in [0.4, 0.5) is 0 Å². The molecule has 1 aromatic heterocycles. The lowest BCUT2D eigenvalue weighted by molar-refractivity contribution is -0.118. The van der Waals surface area contributed by atoms with Crippen LogP contribution in [0.1, 0.15) is 11.4 Å². The van der Waals surface area contributed by atoms with Gasteiger partial charge in [-0.05, 0) is 17.7 Å². The Morgan fingerprint density at radius 3 is 2.89 bits per heavy atom. The Morgan fingerprint density at radius 1 is 1.32 bits per heavy atom. The standard InChI is InChI=1S/C13H16N4OS/c18-13(14-8-12-15-10-16-17-12)9-19-7-6-11-4-2-1-3-5-11/h1-5,10H,6-9H2,(H,14,18)(H,15,16,17). The third-order valence-corrected chi connectivity index (χ3v) is 3.49. The number of nitrogens with one attached hydrogen (secondary N) is 2. The highest BCUT2D eigenvalue weighted by Crippen LogP contribution is 2.06. The summed E-state index contributed by atoms with van der Waals surface area (Å²) >= 11 is 1.64. The molecule has 0 radical (unpaired) electrons. The van der Waals surface area contributed by atoms with E-state index < -0.39 is 0 Å². The molecule has 5 nitrogen and oxygen atoms in total. The molecule has 6 heteroatoms. The molecule has 0 bridgehead atoms. The zero-order chi connectivity index (χ0) is 13.3. The van der Waals surface area contributed by atoms with Crippen molar-refractivity contribution in [3.05, 3.63) is 48.0 Å². The summed E-state index contributed by atoms with van der Waals surface area (Å²) in [6, 6.07) is 10.3. The van der Waals surface area contributed by atoms with Crippen LogP contribution in [0.25, 0.3) is 0 Å². The maximum absolute atomic E-state index is 11.6. The number of thioether (sulfide) groups is 1. The minimum Gasteiger partial charge on any atom is -0.348 e. The molecule has 1 amide bonds. The molecule has 0 aliphatic carbocycles. The van der Waals surface area contributed by atoms with Gasteiger partial charge in [-0.1, -0.05) is 30.3 Å². The van der Waals surface area contributed by atoms with E-state index in [1.807, 2.05) is 18.2 Å². The molecule has 0 spiro atoms.